The van der Waals surface area contributed by atoms with Crippen LogP contribution in [0.2, 0.25) is 0 Å². The van der Waals surface area contributed by atoms with Gasteiger partial charge in [-0.2, -0.15) is 0 Å². The van der Waals surface area contributed by atoms with Gasteiger partial charge in [0.1, 0.15) is 0 Å². The Labute approximate surface area is 106 Å². The summed E-state index contributed by atoms with van der Waals surface area (Å²) in [7, 11) is 0. The van der Waals surface area contributed by atoms with Crippen molar-refractivity contribution in [3.63, 3.8) is 0 Å². The van der Waals surface area contributed by atoms with E-state index in [1.165, 1.54) is 6.20 Å². The molecule has 0 atom stereocenters. The van der Waals surface area contributed by atoms with Crippen molar-refractivity contribution in [2.75, 3.05) is 19.8 Å². The average molecular weight is 250 g/mol. The van der Waals surface area contributed by atoms with Gasteiger partial charge in [0, 0.05) is 24.8 Å². The second kappa shape index (κ2) is 5.04. The lowest BCUT2D eigenvalue weighted by atomic mass is 10.0. The number of hydrogen-bond donors (Lipinski definition) is 1. The molecule has 5 heteroatoms. The maximum atomic E-state index is 10.7. The Balaban J connectivity index is 2.06. The van der Waals surface area contributed by atoms with Crippen molar-refractivity contribution in [2.24, 2.45) is 0 Å². The molecule has 0 saturated carbocycles. The van der Waals surface area contributed by atoms with E-state index in [2.05, 4.69) is 23.7 Å². The number of nitrogens with zero attached hydrogens (tertiary/aromatic N) is 2. The third-order valence-electron chi connectivity index (χ3n) is 3.24. The quantitative estimate of drug-likeness (QED) is 0.878. The van der Waals surface area contributed by atoms with Crippen LogP contribution in [-0.4, -0.2) is 46.3 Å². The Kier molecular flexibility index (Phi) is 3.63. The van der Waals surface area contributed by atoms with Gasteiger partial charge in [-0.3, -0.25) is 9.88 Å². The summed E-state index contributed by atoms with van der Waals surface area (Å²) < 4.78 is 5.46. The van der Waals surface area contributed by atoms with E-state index in [-0.39, 0.29) is 11.1 Å². The van der Waals surface area contributed by atoms with Crippen molar-refractivity contribution in [1.82, 2.24) is 9.88 Å². The number of morpholine rings is 1. The first-order chi connectivity index (χ1) is 8.49. The van der Waals surface area contributed by atoms with Gasteiger partial charge in [0.05, 0.1) is 24.5 Å². The maximum Gasteiger partial charge on any atom is 0.337 e. The molecule has 1 aliphatic rings. The molecular weight excluding hydrogens is 232 g/mol. The van der Waals surface area contributed by atoms with Gasteiger partial charge in [-0.1, -0.05) is 0 Å². The fourth-order valence-corrected chi connectivity index (χ4v) is 2.02. The average Bonchev–Trinajstić information content (AvgIpc) is 2.32. The van der Waals surface area contributed by atoms with Crippen LogP contribution in [0.1, 0.15) is 29.9 Å². The molecule has 0 bridgehead atoms. The fourth-order valence-electron chi connectivity index (χ4n) is 2.02. The van der Waals surface area contributed by atoms with E-state index >= 15 is 0 Å². The number of carboxylic acid groups (broad SMARTS) is 1. The van der Waals surface area contributed by atoms with Gasteiger partial charge in [0.2, 0.25) is 0 Å². The number of aromatic carboxylic acids is 1. The van der Waals surface area contributed by atoms with E-state index in [1.54, 1.807) is 12.1 Å². The van der Waals surface area contributed by atoms with Gasteiger partial charge < -0.3 is 9.84 Å². The molecule has 1 aromatic heterocycles. The predicted octanol–water partition coefficient (Wildman–Crippen LogP) is 1.39. The standard InChI is InChI=1S/C13H18N2O3/c1-13(2)9-18-6-5-15(13)8-11-4-3-10(7-14-11)12(16)17/h3-4,7H,5-6,8-9H2,1-2H3,(H,16,17). The Morgan fingerprint density at radius 2 is 2.33 bits per heavy atom. The number of hydrogen-bond acceptors (Lipinski definition) is 4. The molecule has 1 fully saturated rings. The number of rotatable bonds is 3. The van der Waals surface area contributed by atoms with Crippen LogP contribution in [0.4, 0.5) is 0 Å². The summed E-state index contributed by atoms with van der Waals surface area (Å²) in [4.78, 5) is 17.2. The lowest BCUT2D eigenvalue weighted by molar-refractivity contribution is -0.0557. The highest BCUT2D eigenvalue weighted by Gasteiger charge is 2.30. The second-order valence-corrected chi connectivity index (χ2v) is 5.13. The zero-order chi connectivity index (χ0) is 13.2. The Morgan fingerprint density at radius 3 is 2.89 bits per heavy atom. The normalized spacial score (nSPS) is 19.7. The summed E-state index contributed by atoms with van der Waals surface area (Å²) in [6.07, 6.45) is 1.41. The lowest BCUT2D eigenvalue weighted by Gasteiger charge is -2.41. The number of aromatic nitrogens is 1. The van der Waals surface area contributed by atoms with Crippen molar-refractivity contribution < 1.29 is 14.6 Å². The lowest BCUT2D eigenvalue weighted by Crippen LogP contribution is -2.52. The van der Waals surface area contributed by atoms with Crippen LogP contribution in [0.15, 0.2) is 18.3 Å². The Hall–Kier alpha value is -1.46. The number of ether oxygens (including phenoxy) is 1. The minimum absolute atomic E-state index is 0.00853. The zero-order valence-electron chi connectivity index (χ0n) is 10.7. The van der Waals surface area contributed by atoms with Crippen molar-refractivity contribution >= 4 is 5.97 Å². The molecule has 1 aliphatic heterocycles. The summed E-state index contributed by atoms with van der Waals surface area (Å²) >= 11 is 0. The largest absolute Gasteiger partial charge is 0.478 e. The SMILES string of the molecule is CC1(C)COCCN1Cc1ccc(C(=O)O)cn1. The maximum absolute atomic E-state index is 10.7. The Morgan fingerprint density at radius 1 is 1.56 bits per heavy atom. The zero-order valence-corrected chi connectivity index (χ0v) is 10.7. The molecule has 2 heterocycles. The van der Waals surface area contributed by atoms with E-state index in [4.69, 9.17) is 9.84 Å². The summed E-state index contributed by atoms with van der Waals surface area (Å²) in [5.41, 5.74) is 1.10. The third-order valence-corrected chi connectivity index (χ3v) is 3.24. The van der Waals surface area contributed by atoms with Crippen molar-refractivity contribution in [2.45, 2.75) is 25.9 Å². The smallest absolute Gasteiger partial charge is 0.337 e. The summed E-state index contributed by atoms with van der Waals surface area (Å²) in [6.45, 7) is 7.30. The molecular formula is C13H18N2O3. The molecule has 1 N–H and O–H groups in total. The molecule has 1 aromatic rings. The highest BCUT2D eigenvalue weighted by Crippen LogP contribution is 2.20. The summed E-state index contributed by atoms with van der Waals surface area (Å²) in [5, 5.41) is 8.81. The minimum atomic E-state index is -0.944. The van der Waals surface area contributed by atoms with Gasteiger partial charge in [-0.15, -0.1) is 0 Å². The van der Waals surface area contributed by atoms with Crippen molar-refractivity contribution in [1.29, 1.82) is 0 Å². The number of pyridine rings is 1. The molecule has 0 amide bonds. The van der Waals surface area contributed by atoms with Crippen LogP contribution in [0.25, 0.3) is 0 Å². The number of carbonyl (C=O) groups is 1. The first-order valence-corrected chi connectivity index (χ1v) is 6.00. The van der Waals surface area contributed by atoms with Crippen LogP contribution in [0.5, 0.6) is 0 Å². The van der Waals surface area contributed by atoms with Crippen LogP contribution in [0, 0.1) is 0 Å². The van der Waals surface area contributed by atoms with Crippen LogP contribution < -0.4 is 0 Å². The minimum Gasteiger partial charge on any atom is -0.478 e. The molecule has 98 valence electrons. The van der Waals surface area contributed by atoms with Gasteiger partial charge in [-0.25, -0.2) is 4.79 Å². The molecule has 5 nitrogen and oxygen atoms in total. The van der Waals surface area contributed by atoms with E-state index in [0.29, 0.717) is 6.61 Å². The summed E-state index contributed by atoms with van der Waals surface area (Å²) in [5.74, 6) is -0.944. The van der Waals surface area contributed by atoms with Crippen molar-refractivity contribution in [3.8, 4) is 0 Å². The van der Waals surface area contributed by atoms with Crippen LogP contribution >= 0.6 is 0 Å². The number of carboxylic acids is 1. The molecule has 18 heavy (non-hydrogen) atoms. The monoisotopic (exact) mass is 250 g/mol. The fraction of sp³-hybridized carbons (Fsp3) is 0.538. The molecule has 0 radical (unpaired) electrons. The molecule has 1 saturated heterocycles. The second-order valence-electron chi connectivity index (χ2n) is 5.13. The van der Waals surface area contributed by atoms with Gasteiger partial charge in [0.25, 0.3) is 0 Å². The molecule has 2 rings (SSSR count). The van der Waals surface area contributed by atoms with Gasteiger partial charge >= 0.3 is 5.97 Å². The highest BCUT2D eigenvalue weighted by molar-refractivity contribution is 5.87. The Bertz CT molecular complexity index is 428. The van der Waals surface area contributed by atoms with Crippen LogP contribution in [0.3, 0.4) is 0 Å². The molecule has 0 spiro atoms. The van der Waals surface area contributed by atoms with Crippen molar-refractivity contribution in [3.05, 3.63) is 29.6 Å². The topological polar surface area (TPSA) is 62.7 Å². The van der Waals surface area contributed by atoms with E-state index < -0.39 is 5.97 Å². The predicted molar refractivity (Wildman–Crippen MR) is 66.5 cm³/mol. The molecule has 0 unspecified atom stereocenters. The van der Waals surface area contributed by atoms with E-state index in [1.807, 2.05) is 0 Å². The van der Waals surface area contributed by atoms with E-state index in [0.717, 1.165) is 25.4 Å². The third kappa shape index (κ3) is 2.86. The first kappa shape index (κ1) is 13.0. The van der Waals surface area contributed by atoms with Gasteiger partial charge in [-0.05, 0) is 26.0 Å². The molecule has 0 aliphatic carbocycles. The highest BCUT2D eigenvalue weighted by atomic mass is 16.5. The van der Waals surface area contributed by atoms with Crippen LogP contribution in [-0.2, 0) is 11.3 Å². The van der Waals surface area contributed by atoms with Gasteiger partial charge in [0.15, 0.2) is 0 Å². The molecule has 0 aromatic carbocycles. The summed E-state index contributed by atoms with van der Waals surface area (Å²) in [6, 6.07) is 3.37. The first-order valence-electron chi connectivity index (χ1n) is 6.00. The van der Waals surface area contributed by atoms with E-state index in [9.17, 15) is 4.79 Å².